The topological polar surface area (TPSA) is 128 Å². The summed E-state index contributed by atoms with van der Waals surface area (Å²) >= 11 is 0. The summed E-state index contributed by atoms with van der Waals surface area (Å²) in [6, 6.07) is 11.4. The van der Waals surface area contributed by atoms with Crippen molar-refractivity contribution in [2.75, 3.05) is 11.1 Å². The third-order valence-electron chi connectivity index (χ3n) is 4.95. The fourth-order valence-electron chi connectivity index (χ4n) is 3.28. The Labute approximate surface area is 161 Å². The molecule has 1 saturated carbocycles. The lowest BCUT2D eigenvalue weighted by molar-refractivity contribution is -0.117. The number of anilines is 2. The van der Waals surface area contributed by atoms with E-state index in [0.29, 0.717) is 23.6 Å². The second kappa shape index (κ2) is 6.64. The van der Waals surface area contributed by atoms with Gasteiger partial charge in [0.25, 0.3) is 0 Å². The predicted molar refractivity (Wildman–Crippen MR) is 105 cm³/mol. The van der Waals surface area contributed by atoms with Crippen molar-refractivity contribution in [2.45, 2.75) is 13.3 Å². The van der Waals surface area contributed by atoms with Crippen molar-refractivity contribution in [3.8, 4) is 23.3 Å². The van der Waals surface area contributed by atoms with Gasteiger partial charge in [0.1, 0.15) is 17.6 Å². The highest BCUT2D eigenvalue weighted by Gasteiger charge is 2.43. The van der Waals surface area contributed by atoms with Crippen LogP contribution in [0.25, 0.3) is 21.9 Å². The number of rotatable bonds is 3. The van der Waals surface area contributed by atoms with Crippen LogP contribution in [0.2, 0.25) is 0 Å². The molecule has 2 heterocycles. The molecule has 4 rings (SSSR count). The molecule has 0 spiro atoms. The number of fused-ring (bicyclic) bond motifs is 1. The largest absolute Gasteiger partial charge is 0.398 e. The third-order valence-corrected chi connectivity index (χ3v) is 4.95. The Balaban J connectivity index is 1.70. The van der Waals surface area contributed by atoms with Gasteiger partial charge in [0.05, 0.1) is 17.9 Å². The molecule has 0 bridgehead atoms. The lowest BCUT2D eigenvalue weighted by atomic mass is 9.98. The van der Waals surface area contributed by atoms with E-state index in [1.807, 2.05) is 25.1 Å². The fraction of sp³-hybridized carbons (Fsp3) is 0.190. The highest BCUT2D eigenvalue weighted by atomic mass is 16.2. The van der Waals surface area contributed by atoms with E-state index in [9.17, 15) is 4.79 Å². The first kappa shape index (κ1) is 17.4. The molecule has 1 aliphatic carbocycles. The Morgan fingerprint density at radius 3 is 2.71 bits per heavy atom. The number of amides is 1. The maximum atomic E-state index is 12.2. The Kier molecular flexibility index (Phi) is 4.14. The van der Waals surface area contributed by atoms with Crippen LogP contribution in [0.4, 0.5) is 11.5 Å². The highest BCUT2D eigenvalue weighted by Crippen LogP contribution is 2.38. The molecule has 3 aromatic rings. The van der Waals surface area contributed by atoms with Crippen LogP contribution in [0.15, 0.2) is 36.7 Å². The number of hydrogen-bond donors (Lipinski definition) is 2. The minimum atomic E-state index is -0.258. The smallest absolute Gasteiger partial charge is 0.230 e. The third kappa shape index (κ3) is 3.10. The van der Waals surface area contributed by atoms with Gasteiger partial charge in [-0.25, -0.2) is 9.97 Å². The van der Waals surface area contributed by atoms with E-state index in [-0.39, 0.29) is 17.7 Å². The van der Waals surface area contributed by atoms with E-state index in [1.54, 1.807) is 24.5 Å². The van der Waals surface area contributed by atoms with Crippen molar-refractivity contribution >= 4 is 28.2 Å². The van der Waals surface area contributed by atoms with Crippen molar-refractivity contribution in [1.82, 2.24) is 9.97 Å². The van der Waals surface area contributed by atoms with Crippen molar-refractivity contribution in [3.63, 3.8) is 0 Å². The molecule has 7 nitrogen and oxygen atoms in total. The quantitative estimate of drug-likeness (QED) is 0.683. The number of nitrogens with two attached hydrogens (primary N) is 1. The number of aryl methyl sites for hydroxylation is 1. The number of carbonyl (C=O) groups excluding carboxylic acids is 1. The van der Waals surface area contributed by atoms with E-state index in [0.717, 1.165) is 27.5 Å². The Bertz CT molecular complexity index is 1200. The molecular formula is C21H16N6O. The van der Waals surface area contributed by atoms with Crippen LogP contribution >= 0.6 is 0 Å². The zero-order valence-electron chi connectivity index (χ0n) is 15.1. The number of aromatic nitrogens is 2. The number of nitrogens with one attached hydrogen (secondary N) is 1. The molecule has 1 amide bonds. The Morgan fingerprint density at radius 1 is 1.21 bits per heavy atom. The first-order valence-corrected chi connectivity index (χ1v) is 8.77. The van der Waals surface area contributed by atoms with Crippen LogP contribution in [-0.2, 0) is 4.79 Å². The van der Waals surface area contributed by atoms with E-state index in [1.165, 1.54) is 0 Å². The molecule has 0 radical (unpaired) electrons. The van der Waals surface area contributed by atoms with Gasteiger partial charge >= 0.3 is 0 Å². The van der Waals surface area contributed by atoms with Crippen molar-refractivity contribution in [2.24, 2.45) is 11.8 Å². The number of benzene rings is 1. The molecule has 136 valence electrons. The van der Waals surface area contributed by atoms with Gasteiger partial charge in [-0.2, -0.15) is 10.5 Å². The van der Waals surface area contributed by atoms with Crippen molar-refractivity contribution in [1.29, 1.82) is 10.5 Å². The molecule has 1 aliphatic rings. The van der Waals surface area contributed by atoms with E-state index in [4.69, 9.17) is 16.3 Å². The number of hydrogen-bond acceptors (Lipinski definition) is 6. The summed E-state index contributed by atoms with van der Waals surface area (Å²) in [4.78, 5) is 20.6. The van der Waals surface area contributed by atoms with Crippen LogP contribution < -0.4 is 11.1 Å². The summed E-state index contributed by atoms with van der Waals surface area (Å²) in [6.07, 6.45) is 3.88. The van der Waals surface area contributed by atoms with Crippen LogP contribution in [-0.4, -0.2) is 15.9 Å². The zero-order valence-corrected chi connectivity index (χ0v) is 15.1. The molecule has 3 N–H and O–H groups in total. The number of nitrogen functional groups attached to an aromatic ring is 1. The second-order valence-corrected chi connectivity index (χ2v) is 6.92. The summed E-state index contributed by atoms with van der Waals surface area (Å²) in [5.74, 6) is -0.220. The molecular weight excluding hydrogens is 352 g/mol. The Morgan fingerprint density at radius 2 is 2.04 bits per heavy atom. The van der Waals surface area contributed by atoms with E-state index >= 15 is 0 Å². The van der Waals surface area contributed by atoms with Crippen LogP contribution in [0.3, 0.4) is 0 Å². The molecule has 1 fully saturated rings. The molecule has 1 aromatic carbocycles. The first-order valence-electron chi connectivity index (χ1n) is 8.77. The predicted octanol–water partition coefficient (Wildman–Crippen LogP) is 3.16. The SMILES string of the molecule is Cc1cc(C#N)ncc1-c1cc(N)c2cnc(NC(=O)[C@H]3C[C@@H]3C#N)cc2c1. The number of pyridine rings is 2. The number of nitrogens with zero attached hydrogens (tertiary/aromatic N) is 4. The van der Waals surface area contributed by atoms with Gasteiger partial charge in [-0.1, -0.05) is 0 Å². The van der Waals surface area contributed by atoms with Gasteiger partial charge in [-0.05, 0) is 54.1 Å². The van der Waals surface area contributed by atoms with Crippen LogP contribution in [0.1, 0.15) is 17.7 Å². The van der Waals surface area contributed by atoms with Gasteiger partial charge in [-0.3, -0.25) is 4.79 Å². The number of nitriles is 2. The Hall–Kier alpha value is -3.97. The number of carbonyl (C=O) groups is 1. The summed E-state index contributed by atoms with van der Waals surface area (Å²) in [5, 5.41) is 22.3. The summed E-state index contributed by atoms with van der Waals surface area (Å²) < 4.78 is 0. The summed E-state index contributed by atoms with van der Waals surface area (Å²) in [7, 11) is 0. The van der Waals surface area contributed by atoms with Crippen molar-refractivity contribution < 1.29 is 4.79 Å². The average Bonchev–Trinajstić information content (AvgIpc) is 3.47. The first-order chi connectivity index (χ1) is 13.5. The molecule has 2 atom stereocenters. The summed E-state index contributed by atoms with van der Waals surface area (Å²) in [5.41, 5.74) is 9.80. The summed E-state index contributed by atoms with van der Waals surface area (Å²) in [6.45, 7) is 1.91. The van der Waals surface area contributed by atoms with Gasteiger partial charge in [0, 0.05) is 29.0 Å². The van der Waals surface area contributed by atoms with Crippen LogP contribution in [0, 0.1) is 41.4 Å². The van der Waals surface area contributed by atoms with E-state index in [2.05, 4.69) is 21.4 Å². The molecule has 0 aliphatic heterocycles. The molecule has 28 heavy (non-hydrogen) atoms. The van der Waals surface area contributed by atoms with Gasteiger partial charge in [0.15, 0.2) is 0 Å². The fourth-order valence-corrected chi connectivity index (χ4v) is 3.28. The molecule has 0 saturated heterocycles. The lowest BCUT2D eigenvalue weighted by Gasteiger charge is -2.11. The maximum absolute atomic E-state index is 12.2. The maximum Gasteiger partial charge on any atom is 0.230 e. The molecule has 7 heteroatoms. The minimum absolute atomic E-state index is 0.185. The van der Waals surface area contributed by atoms with Crippen LogP contribution in [0.5, 0.6) is 0 Å². The standard InChI is InChI=1S/C21H16N6O/c1-11-2-15(8-23)25-9-17(11)12-3-13-6-20(26-10-18(13)19(24)5-12)27-21(28)16-4-14(16)7-22/h2-3,5-6,9-10,14,16H,4,24H2,1H3,(H,26,27,28)/t14-,16+/m1/s1. The van der Waals surface area contributed by atoms with Gasteiger partial charge in [0.2, 0.25) is 5.91 Å². The van der Waals surface area contributed by atoms with Crippen molar-refractivity contribution in [3.05, 3.63) is 47.9 Å². The lowest BCUT2D eigenvalue weighted by Crippen LogP contribution is -2.15. The highest BCUT2D eigenvalue weighted by molar-refractivity contribution is 6.00. The normalized spacial score (nSPS) is 17.5. The minimum Gasteiger partial charge on any atom is -0.398 e. The second-order valence-electron chi connectivity index (χ2n) is 6.92. The van der Waals surface area contributed by atoms with Gasteiger partial charge < -0.3 is 11.1 Å². The molecule has 0 unspecified atom stereocenters. The molecule has 2 aromatic heterocycles. The zero-order chi connectivity index (χ0) is 19.8. The van der Waals surface area contributed by atoms with Gasteiger partial charge in [-0.15, -0.1) is 0 Å². The average molecular weight is 368 g/mol. The van der Waals surface area contributed by atoms with E-state index < -0.39 is 0 Å². The monoisotopic (exact) mass is 368 g/mol.